The van der Waals surface area contributed by atoms with Crippen LogP contribution < -0.4 is 5.32 Å². The van der Waals surface area contributed by atoms with E-state index < -0.39 is 24.3 Å². The number of rotatable bonds is 9. The number of hydrogen-bond acceptors (Lipinski definition) is 6. The second-order valence-electron chi connectivity index (χ2n) is 6.00. The molecule has 0 bridgehead atoms. The third-order valence-electron chi connectivity index (χ3n) is 3.95. The smallest absolute Gasteiger partial charge is 0.412 e. The van der Waals surface area contributed by atoms with Crippen molar-refractivity contribution >= 4 is 45.4 Å². The average Bonchev–Trinajstić information content (AvgIpc) is 2.72. The number of carboxylic acid groups (broad SMARTS) is 1. The Morgan fingerprint density at radius 3 is 2.53 bits per heavy atom. The third-order valence-corrected chi connectivity index (χ3v) is 5.19. The number of thioether (sulfide) groups is 1. The Bertz CT molecular complexity index is 903. The van der Waals surface area contributed by atoms with Gasteiger partial charge < -0.3 is 19.7 Å². The molecule has 0 saturated heterocycles. The lowest BCUT2D eigenvalue weighted by atomic mass is 10.0. The number of phenols is 1. The van der Waals surface area contributed by atoms with Gasteiger partial charge in [0, 0.05) is 33.3 Å². The molecule has 0 spiro atoms. The molecule has 2 aromatic rings. The number of ether oxygens (including phenoxy) is 2. The van der Waals surface area contributed by atoms with Gasteiger partial charge in [-0.3, -0.25) is 5.32 Å². The van der Waals surface area contributed by atoms with Crippen LogP contribution in [0.2, 0.25) is 0 Å². The molecule has 30 heavy (non-hydrogen) atoms. The van der Waals surface area contributed by atoms with E-state index >= 15 is 0 Å². The van der Waals surface area contributed by atoms with Gasteiger partial charge in [-0.1, -0.05) is 15.9 Å². The van der Waals surface area contributed by atoms with Gasteiger partial charge in [0.15, 0.2) is 6.10 Å². The first-order valence-electron chi connectivity index (χ1n) is 8.96. The van der Waals surface area contributed by atoms with Crippen LogP contribution in [-0.2, 0) is 14.3 Å². The topological polar surface area (TPSA) is 105 Å². The number of hydrogen-bond donors (Lipinski definition) is 3. The van der Waals surface area contributed by atoms with Gasteiger partial charge in [-0.05, 0) is 61.7 Å². The fourth-order valence-electron chi connectivity index (χ4n) is 2.61. The number of aliphatic carboxylic acids is 1. The van der Waals surface area contributed by atoms with Crippen molar-refractivity contribution in [2.45, 2.75) is 24.0 Å². The summed E-state index contributed by atoms with van der Waals surface area (Å²) in [4.78, 5) is 24.6. The molecule has 0 aliphatic carbocycles. The molecular weight excluding hydrogens is 474 g/mol. The second-order valence-corrected chi connectivity index (χ2v) is 7.80. The number of carbonyl (C=O) groups excluding carboxylic acids is 1. The molecule has 0 aliphatic heterocycles. The molecule has 0 aliphatic rings. The highest BCUT2D eigenvalue weighted by atomic mass is 79.9. The number of benzene rings is 2. The van der Waals surface area contributed by atoms with Gasteiger partial charge in [0.25, 0.3) is 0 Å². The minimum atomic E-state index is -1.17. The molecule has 2 rings (SSSR count). The summed E-state index contributed by atoms with van der Waals surface area (Å²) in [6.45, 7) is 1.97. The molecule has 0 fully saturated rings. The average molecular weight is 496 g/mol. The van der Waals surface area contributed by atoms with E-state index in [9.17, 15) is 14.7 Å². The van der Waals surface area contributed by atoms with Crippen LogP contribution in [0.3, 0.4) is 0 Å². The maximum absolute atomic E-state index is 12.6. The van der Waals surface area contributed by atoms with Crippen LogP contribution in [0, 0.1) is 0 Å². The molecule has 0 heterocycles. The Balaban J connectivity index is 2.32. The van der Waals surface area contributed by atoms with E-state index in [0.717, 1.165) is 11.0 Å². The number of anilines is 1. The quantitative estimate of drug-likeness (QED) is 0.323. The van der Waals surface area contributed by atoms with E-state index in [0.29, 0.717) is 10.2 Å². The summed E-state index contributed by atoms with van der Waals surface area (Å²) in [7, 11) is 0. The minimum Gasteiger partial charge on any atom is -0.508 e. The van der Waals surface area contributed by atoms with Gasteiger partial charge in [0.05, 0.1) is 0 Å². The van der Waals surface area contributed by atoms with Crippen LogP contribution in [0.1, 0.15) is 18.6 Å². The predicted molar refractivity (Wildman–Crippen MR) is 119 cm³/mol. The van der Waals surface area contributed by atoms with E-state index in [-0.39, 0.29) is 17.9 Å². The number of nitrogens with one attached hydrogen (secondary N) is 1. The van der Waals surface area contributed by atoms with Crippen molar-refractivity contribution in [1.82, 2.24) is 0 Å². The molecule has 0 radical (unpaired) electrons. The maximum atomic E-state index is 12.6. The van der Waals surface area contributed by atoms with Crippen molar-refractivity contribution in [1.29, 1.82) is 0 Å². The summed E-state index contributed by atoms with van der Waals surface area (Å²) in [6, 6.07) is 11.9. The molecule has 2 aromatic carbocycles. The van der Waals surface area contributed by atoms with Crippen molar-refractivity contribution in [3.05, 3.63) is 64.7 Å². The van der Waals surface area contributed by atoms with Gasteiger partial charge in [-0.2, -0.15) is 0 Å². The highest BCUT2D eigenvalue weighted by molar-refractivity contribution is 9.10. The zero-order chi connectivity index (χ0) is 22.1. The van der Waals surface area contributed by atoms with Crippen LogP contribution in [0.4, 0.5) is 10.5 Å². The molecule has 9 heteroatoms. The molecule has 7 nitrogen and oxygen atoms in total. The van der Waals surface area contributed by atoms with Crippen LogP contribution in [0.25, 0.3) is 0 Å². The maximum Gasteiger partial charge on any atom is 0.412 e. The standard InChI is InChI=1S/C21H22BrNO6S/c1-3-28-18(10-11-19(25)26)20(16-12-13(22)4-9-17(16)24)29-21(27)23-14-5-7-15(30-2)8-6-14/h4-12,18,20,24H,3H2,1-2H3,(H,23,27)(H,25,26)/b11-10+/t18-,20-/m0/s1. The summed E-state index contributed by atoms with van der Waals surface area (Å²) in [5.74, 6) is -1.29. The zero-order valence-corrected chi connectivity index (χ0v) is 18.8. The first kappa shape index (κ1) is 23.8. The zero-order valence-electron chi connectivity index (χ0n) is 16.4. The summed E-state index contributed by atoms with van der Waals surface area (Å²) in [6.07, 6.45) is 1.33. The lowest BCUT2D eigenvalue weighted by Crippen LogP contribution is -2.28. The van der Waals surface area contributed by atoms with Crippen molar-refractivity contribution in [2.24, 2.45) is 0 Å². The Hall–Kier alpha value is -2.49. The number of carboxylic acids is 1. The normalized spacial score (nSPS) is 13.0. The highest BCUT2D eigenvalue weighted by Crippen LogP contribution is 2.34. The van der Waals surface area contributed by atoms with Gasteiger partial charge in [-0.15, -0.1) is 11.8 Å². The fraction of sp³-hybridized carbons (Fsp3) is 0.238. The Kier molecular flexibility index (Phi) is 9.22. The molecule has 0 unspecified atom stereocenters. The minimum absolute atomic E-state index is 0.117. The summed E-state index contributed by atoms with van der Waals surface area (Å²) in [5, 5.41) is 21.9. The molecule has 3 N–H and O–H groups in total. The molecule has 160 valence electrons. The third kappa shape index (κ3) is 7.08. The van der Waals surface area contributed by atoms with E-state index in [1.165, 1.54) is 12.1 Å². The number of halogens is 1. The van der Waals surface area contributed by atoms with Gasteiger partial charge in [0.1, 0.15) is 11.9 Å². The SMILES string of the molecule is CCO[C@@H](/C=C/C(=O)O)[C@@H](OC(=O)Nc1ccc(SC)cc1)c1cc(Br)ccc1O. The molecule has 0 aromatic heterocycles. The van der Waals surface area contributed by atoms with Crippen molar-refractivity contribution in [3.63, 3.8) is 0 Å². The Morgan fingerprint density at radius 1 is 1.23 bits per heavy atom. The van der Waals surface area contributed by atoms with Gasteiger partial charge in [0.2, 0.25) is 0 Å². The van der Waals surface area contributed by atoms with Crippen LogP contribution >= 0.6 is 27.7 Å². The van der Waals surface area contributed by atoms with E-state index in [2.05, 4.69) is 21.2 Å². The monoisotopic (exact) mass is 495 g/mol. The van der Waals surface area contributed by atoms with E-state index in [1.807, 2.05) is 18.4 Å². The Morgan fingerprint density at radius 2 is 1.93 bits per heavy atom. The first-order valence-corrected chi connectivity index (χ1v) is 11.0. The second kappa shape index (κ2) is 11.6. The molecule has 2 atom stereocenters. The Labute approximate surface area is 187 Å². The van der Waals surface area contributed by atoms with E-state index in [4.69, 9.17) is 14.6 Å². The first-order chi connectivity index (χ1) is 14.3. The largest absolute Gasteiger partial charge is 0.508 e. The van der Waals surface area contributed by atoms with Crippen molar-refractivity contribution in [3.8, 4) is 5.75 Å². The molecule has 1 amide bonds. The summed E-state index contributed by atoms with van der Waals surface area (Å²) < 4.78 is 11.8. The number of carbonyl (C=O) groups is 2. The van der Waals surface area contributed by atoms with Gasteiger partial charge >= 0.3 is 12.1 Å². The highest BCUT2D eigenvalue weighted by Gasteiger charge is 2.29. The fourth-order valence-corrected chi connectivity index (χ4v) is 3.40. The lowest BCUT2D eigenvalue weighted by Gasteiger charge is -2.26. The van der Waals surface area contributed by atoms with Crippen molar-refractivity contribution in [2.75, 3.05) is 18.2 Å². The number of amides is 1. The van der Waals surface area contributed by atoms with Crippen LogP contribution in [-0.4, -0.2) is 41.2 Å². The van der Waals surface area contributed by atoms with Gasteiger partial charge in [-0.25, -0.2) is 9.59 Å². The number of phenolic OH excluding ortho intramolecular Hbond substituents is 1. The number of aromatic hydroxyl groups is 1. The molecule has 0 saturated carbocycles. The lowest BCUT2D eigenvalue weighted by molar-refractivity contribution is -0.131. The summed E-state index contributed by atoms with van der Waals surface area (Å²) in [5.41, 5.74) is 0.801. The summed E-state index contributed by atoms with van der Waals surface area (Å²) >= 11 is 4.90. The van der Waals surface area contributed by atoms with E-state index in [1.54, 1.807) is 43.0 Å². The molecular formula is C21H22BrNO6S. The predicted octanol–water partition coefficient (Wildman–Crippen LogP) is 5.21. The van der Waals surface area contributed by atoms with Crippen LogP contribution in [0.15, 0.2) is 64.0 Å². The van der Waals surface area contributed by atoms with Crippen LogP contribution in [0.5, 0.6) is 5.75 Å². The van der Waals surface area contributed by atoms with Crippen molar-refractivity contribution < 1.29 is 29.3 Å².